The molecule has 20 heavy (non-hydrogen) atoms. The summed E-state index contributed by atoms with van der Waals surface area (Å²) in [5.74, 6) is 2.36. The minimum Gasteiger partial charge on any atom is -0.468 e. The zero-order chi connectivity index (χ0) is 14.4. The van der Waals surface area contributed by atoms with E-state index in [1.165, 1.54) is 6.07 Å². The van der Waals surface area contributed by atoms with Crippen molar-refractivity contribution >= 4 is 23.1 Å². The first kappa shape index (κ1) is 14.5. The number of nitro benzene ring substituents is 1. The number of nitrogens with one attached hydrogen (secondary N) is 1. The van der Waals surface area contributed by atoms with Gasteiger partial charge in [-0.25, -0.2) is 0 Å². The summed E-state index contributed by atoms with van der Waals surface area (Å²) in [5, 5.41) is 14.1. The summed E-state index contributed by atoms with van der Waals surface area (Å²) in [6.07, 6.45) is 1.65. The summed E-state index contributed by atoms with van der Waals surface area (Å²) in [5.41, 5.74) is 2.02. The maximum absolute atomic E-state index is 10.8. The van der Waals surface area contributed by atoms with Crippen LogP contribution in [0.15, 0.2) is 41.0 Å². The van der Waals surface area contributed by atoms with Crippen LogP contribution in [-0.4, -0.2) is 11.5 Å². The van der Waals surface area contributed by atoms with Crippen molar-refractivity contribution in [1.29, 1.82) is 0 Å². The molecule has 5 nitrogen and oxygen atoms in total. The van der Waals surface area contributed by atoms with E-state index in [4.69, 9.17) is 4.42 Å². The number of furan rings is 1. The van der Waals surface area contributed by atoms with E-state index in [9.17, 15) is 10.1 Å². The Kier molecular flexibility index (Phi) is 5.06. The molecule has 0 bridgehead atoms. The van der Waals surface area contributed by atoms with Gasteiger partial charge in [0.05, 0.1) is 16.9 Å². The minimum absolute atomic E-state index is 0.125. The molecule has 0 saturated heterocycles. The van der Waals surface area contributed by atoms with Gasteiger partial charge in [0.15, 0.2) is 0 Å². The summed E-state index contributed by atoms with van der Waals surface area (Å²) in [7, 11) is 0. The van der Waals surface area contributed by atoms with Gasteiger partial charge in [-0.1, -0.05) is 0 Å². The number of non-ortho nitro benzene ring substituents is 1. The first-order valence-corrected chi connectivity index (χ1v) is 7.47. The average Bonchev–Trinajstić information content (AvgIpc) is 2.93. The van der Waals surface area contributed by atoms with Crippen molar-refractivity contribution in [3.05, 3.63) is 58.0 Å². The molecule has 6 heteroatoms. The van der Waals surface area contributed by atoms with E-state index >= 15 is 0 Å². The number of rotatable bonds is 7. The van der Waals surface area contributed by atoms with Crippen LogP contribution in [-0.2, 0) is 11.5 Å². The average molecular weight is 292 g/mol. The molecule has 1 N–H and O–H groups in total. The molecule has 0 spiro atoms. The second-order valence-corrected chi connectivity index (χ2v) is 5.19. The van der Waals surface area contributed by atoms with Crippen LogP contribution in [0.4, 0.5) is 11.4 Å². The molecule has 1 aromatic carbocycles. The summed E-state index contributed by atoms with van der Waals surface area (Å²) in [6.45, 7) is 2.79. The number of benzene rings is 1. The van der Waals surface area contributed by atoms with Gasteiger partial charge >= 0.3 is 0 Å². The molecule has 0 amide bonds. The van der Waals surface area contributed by atoms with E-state index in [-0.39, 0.29) is 10.6 Å². The molecule has 0 fully saturated rings. The van der Waals surface area contributed by atoms with Crippen LogP contribution in [0.25, 0.3) is 0 Å². The quantitative estimate of drug-likeness (QED) is 0.616. The Bertz CT molecular complexity index is 570. The fourth-order valence-electron chi connectivity index (χ4n) is 1.83. The second kappa shape index (κ2) is 7.00. The highest BCUT2D eigenvalue weighted by molar-refractivity contribution is 7.97. The van der Waals surface area contributed by atoms with Gasteiger partial charge in [0.25, 0.3) is 5.69 Å². The highest BCUT2D eigenvalue weighted by atomic mass is 32.2. The molecule has 0 aliphatic rings. The van der Waals surface area contributed by atoms with Crippen LogP contribution in [0.1, 0.15) is 18.2 Å². The van der Waals surface area contributed by atoms with E-state index < -0.39 is 0 Å². The summed E-state index contributed by atoms with van der Waals surface area (Å²) in [4.78, 5) is 10.5. The zero-order valence-corrected chi connectivity index (χ0v) is 12.0. The van der Waals surface area contributed by atoms with Crippen LogP contribution in [0.3, 0.4) is 0 Å². The van der Waals surface area contributed by atoms with Gasteiger partial charge in [0.1, 0.15) is 5.76 Å². The summed E-state index contributed by atoms with van der Waals surface area (Å²) in [6, 6.07) is 8.70. The Morgan fingerprint density at radius 3 is 2.85 bits per heavy atom. The maximum Gasteiger partial charge on any atom is 0.269 e. The van der Waals surface area contributed by atoms with Gasteiger partial charge < -0.3 is 9.73 Å². The Labute approximate surface area is 121 Å². The molecule has 2 rings (SSSR count). The fraction of sp³-hybridized carbons (Fsp3) is 0.286. The molecular formula is C14H16N2O3S. The molecule has 2 aromatic rings. The molecule has 0 atom stereocenters. The molecule has 0 saturated carbocycles. The number of hydrogen-bond donors (Lipinski definition) is 1. The number of anilines is 1. The lowest BCUT2D eigenvalue weighted by Crippen LogP contribution is -2.01. The summed E-state index contributed by atoms with van der Waals surface area (Å²) < 4.78 is 5.27. The Morgan fingerprint density at radius 2 is 2.20 bits per heavy atom. The van der Waals surface area contributed by atoms with Crippen molar-refractivity contribution in [2.24, 2.45) is 0 Å². The lowest BCUT2D eigenvalue weighted by atomic mass is 10.2. The molecule has 0 aliphatic heterocycles. The highest BCUT2D eigenvalue weighted by Crippen LogP contribution is 2.27. The third-order valence-electron chi connectivity index (χ3n) is 2.75. The standard InChI is InChI=1S/C14H16N2O3S/c1-2-15-14-6-5-12(16(17)18)8-11(14)9-20-10-13-4-3-7-19-13/h3-8,15H,2,9-10H2,1H3. The van der Waals surface area contributed by atoms with Crippen molar-refractivity contribution < 1.29 is 9.34 Å². The van der Waals surface area contributed by atoms with Crippen molar-refractivity contribution in [1.82, 2.24) is 0 Å². The van der Waals surface area contributed by atoms with Crippen LogP contribution in [0.2, 0.25) is 0 Å². The largest absolute Gasteiger partial charge is 0.468 e. The molecule has 1 aromatic heterocycles. The van der Waals surface area contributed by atoms with Gasteiger partial charge in [-0.3, -0.25) is 10.1 Å². The predicted molar refractivity (Wildman–Crippen MR) is 81.0 cm³/mol. The van der Waals surface area contributed by atoms with E-state index in [0.717, 1.165) is 29.3 Å². The first-order chi connectivity index (χ1) is 9.70. The van der Waals surface area contributed by atoms with E-state index in [2.05, 4.69) is 5.32 Å². The highest BCUT2D eigenvalue weighted by Gasteiger charge is 2.10. The number of thioether (sulfide) groups is 1. The topological polar surface area (TPSA) is 68.3 Å². The Morgan fingerprint density at radius 1 is 1.35 bits per heavy atom. The van der Waals surface area contributed by atoms with Gasteiger partial charge in [-0.15, -0.1) is 11.8 Å². The molecule has 0 unspecified atom stereocenters. The normalized spacial score (nSPS) is 10.4. The Balaban J connectivity index is 2.06. The zero-order valence-electron chi connectivity index (χ0n) is 11.2. The first-order valence-electron chi connectivity index (χ1n) is 6.32. The molecule has 0 radical (unpaired) electrons. The molecule has 106 valence electrons. The van der Waals surface area contributed by atoms with E-state index in [1.54, 1.807) is 30.2 Å². The van der Waals surface area contributed by atoms with E-state index in [1.807, 2.05) is 19.1 Å². The molecule has 0 aliphatic carbocycles. The smallest absolute Gasteiger partial charge is 0.269 e. The van der Waals surface area contributed by atoms with Crippen LogP contribution in [0.5, 0.6) is 0 Å². The number of nitrogens with zero attached hydrogens (tertiary/aromatic N) is 1. The second-order valence-electron chi connectivity index (χ2n) is 4.20. The van der Waals surface area contributed by atoms with Gasteiger partial charge in [0, 0.05) is 30.1 Å². The van der Waals surface area contributed by atoms with Crippen LogP contribution < -0.4 is 5.32 Å². The third kappa shape index (κ3) is 3.77. The monoisotopic (exact) mass is 292 g/mol. The third-order valence-corrected chi connectivity index (χ3v) is 3.75. The van der Waals surface area contributed by atoms with E-state index in [0.29, 0.717) is 5.75 Å². The fourth-order valence-corrected chi connectivity index (χ4v) is 2.76. The number of hydrogen-bond acceptors (Lipinski definition) is 5. The molecule has 1 heterocycles. The SMILES string of the molecule is CCNc1ccc([N+](=O)[O-])cc1CSCc1ccco1. The van der Waals surface area contributed by atoms with Crippen molar-refractivity contribution in [3.8, 4) is 0 Å². The predicted octanol–water partition coefficient (Wildman–Crippen LogP) is 4.05. The van der Waals surface area contributed by atoms with Crippen molar-refractivity contribution in [2.75, 3.05) is 11.9 Å². The van der Waals surface area contributed by atoms with Crippen LogP contribution in [0, 0.1) is 10.1 Å². The van der Waals surface area contributed by atoms with Gasteiger partial charge in [0.2, 0.25) is 0 Å². The van der Waals surface area contributed by atoms with Gasteiger partial charge in [-0.05, 0) is 30.7 Å². The Hall–Kier alpha value is -1.95. The van der Waals surface area contributed by atoms with Crippen molar-refractivity contribution in [2.45, 2.75) is 18.4 Å². The lowest BCUT2D eigenvalue weighted by molar-refractivity contribution is -0.384. The lowest BCUT2D eigenvalue weighted by Gasteiger charge is -2.10. The maximum atomic E-state index is 10.8. The summed E-state index contributed by atoms with van der Waals surface area (Å²) >= 11 is 1.67. The van der Waals surface area contributed by atoms with Gasteiger partial charge in [-0.2, -0.15) is 0 Å². The van der Waals surface area contributed by atoms with Crippen molar-refractivity contribution in [3.63, 3.8) is 0 Å². The minimum atomic E-state index is -0.365. The number of nitro groups is 1. The molecular weight excluding hydrogens is 276 g/mol. The van der Waals surface area contributed by atoms with Crippen LogP contribution >= 0.6 is 11.8 Å².